The summed E-state index contributed by atoms with van der Waals surface area (Å²) in [6.45, 7) is 5.72. The van der Waals surface area contributed by atoms with E-state index in [-0.39, 0.29) is 18.6 Å². The van der Waals surface area contributed by atoms with Crippen LogP contribution >= 0.6 is 11.3 Å². The topological polar surface area (TPSA) is 83.3 Å². The normalized spacial score (nSPS) is 15.8. The van der Waals surface area contributed by atoms with Gasteiger partial charge in [0.1, 0.15) is 0 Å². The minimum atomic E-state index is -0.251. The Bertz CT molecular complexity index is 681. The molecule has 0 aliphatic carbocycles. The van der Waals surface area contributed by atoms with Crippen LogP contribution in [0.15, 0.2) is 11.6 Å². The number of carbonyl (C=O) groups is 1. The van der Waals surface area contributed by atoms with Crippen LogP contribution in [0.5, 0.6) is 0 Å². The summed E-state index contributed by atoms with van der Waals surface area (Å²) in [5.41, 5.74) is 3.11. The molecule has 1 atom stereocenters. The van der Waals surface area contributed by atoms with Gasteiger partial charge in [-0.25, -0.2) is 4.98 Å². The summed E-state index contributed by atoms with van der Waals surface area (Å²) in [5, 5.41) is 18.7. The fraction of sp³-hybridized carbons (Fsp3) is 0.500. The number of anilines is 1. The van der Waals surface area contributed by atoms with E-state index >= 15 is 0 Å². The predicted octanol–water partition coefficient (Wildman–Crippen LogP) is 0.983. The summed E-state index contributed by atoms with van der Waals surface area (Å²) >= 11 is 1.43. The molecule has 118 valence electrons. The highest BCUT2D eigenvalue weighted by Gasteiger charge is 2.30. The Morgan fingerprint density at radius 3 is 3.05 bits per heavy atom. The lowest BCUT2D eigenvalue weighted by molar-refractivity contribution is -0.121. The SMILES string of the molecule is Cc1csc(NC(=O)C(C)N2Cc3cnn(CCO)c3C2)n1. The zero-order valence-electron chi connectivity index (χ0n) is 12.6. The van der Waals surface area contributed by atoms with Crippen molar-refractivity contribution < 1.29 is 9.90 Å². The van der Waals surface area contributed by atoms with Crippen molar-refractivity contribution in [3.05, 3.63) is 28.5 Å². The number of amides is 1. The van der Waals surface area contributed by atoms with Gasteiger partial charge >= 0.3 is 0 Å². The molecule has 22 heavy (non-hydrogen) atoms. The van der Waals surface area contributed by atoms with Crippen LogP contribution in [-0.2, 0) is 24.4 Å². The molecule has 0 radical (unpaired) electrons. The maximum absolute atomic E-state index is 12.3. The number of hydrogen-bond acceptors (Lipinski definition) is 6. The van der Waals surface area contributed by atoms with Crippen molar-refractivity contribution in [2.24, 2.45) is 0 Å². The second kappa shape index (κ2) is 6.15. The van der Waals surface area contributed by atoms with Gasteiger partial charge in [0.25, 0.3) is 0 Å². The third-order valence-electron chi connectivity index (χ3n) is 3.85. The van der Waals surface area contributed by atoms with Gasteiger partial charge in [-0.05, 0) is 13.8 Å². The van der Waals surface area contributed by atoms with Crippen molar-refractivity contribution in [1.82, 2.24) is 19.7 Å². The lowest BCUT2D eigenvalue weighted by atomic mass is 10.3. The minimum absolute atomic E-state index is 0.0545. The summed E-state index contributed by atoms with van der Waals surface area (Å²) in [6.07, 6.45) is 1.82. The van der Waals surface area contributed by atoms with Gasteiger partial charge < -0.3 is 10.4 Å². The Labute approximate surface area is 132 Å². The van der Waals surface area contributed by atoms with Crippen LogP contribution in [-0.4, -0.2) is 43.3 Å². The van der Waals surface area contributed by atoms with Gasteiger partial charge in [0.05, 0.1) is 36.8 Å². The molecule has 1 aliphatic rings. The molecule has 7 nitrogen and oxygen atoms in total. The molecule has 2 aromatic rings. The summed E-state index contributed by atoms with van der Waals surface area (Å²) in [5.74, 6) is -0.0545. The van der Waals surface area contributed by atoms with E-state index in [1.807, 2.05) is 30.1 Å². The van der Waals surface area contributed by atoms with Crippen molar-refractivity contribution in [3.63, 3.8) is 0 Å². The first-order chi connectivity index (χ1) is 10.6. The first-order valence-electron chi connectivity index (χ1n) is 7.20. The van der Waals surface area contributed by atoms with Crippen LogP contribution in [0.4, 0.5) is 5.13 Å². The lowest BCUT2D eigenvalue weighted by Gasteiger charge is -2.22. The van der Waals surface area contributed by atoms with Crippen LogP contribution in [0, 0.1) is 6.92 Å². The molecule has 0 aromatic carbocycles. The highest BCUT2D eigenvalue weighted by Crippen LogP contribution is 2.25. The van der Waals surface area contributed by atoms with E-state index in [2.05, 4.69) is 20.3 Å². The number of aliphatic hydroxyl groups is 1. The maximum atomic E-state index is 12.3. The Morgan fingerprint density at radius 1 is 1.55 bits per heavy atom. The number of hydrogen-bond donors (Lipinski definition) is 2. The van der Waals surface area contributed by atoms with E-state index in [4.69, 9.17) is 5.11 Å². The molecule has 1 aliphatic heterocycles. The van der Waals surface area contributed by atoms with E-state index in [0.29, 0.717) is 24.8 Å². The standard InChI is InChI=1S/C14H19N5O2S/c1-9-8-22-14(16-9)17-13(21)10(2)18-6-11-5-15-19(3-4-20)12(11)7-18/h5,8,10,20H,3-4,6-7H2,1-2H3,(H,16,17,21). The molecule has 1 unspecified atom stereocenters. The number of thiazole rings is 1. The molecule has 0 saturated carbocycles. The number of rotatable bonds is 5. The second-order valence-electron chi connectivity index (χ2n) is 5.43. The average Bonchev–Trinajstić information content (AvgIpc) is 3.16. The van der Waals surface area contributed by atoms with Gasteiger partial charge in [-0.3, -0.25) is 14.4 Å². The summed E-state index contributed by atoms with van der Waals surface area (Å²) in [6, 6.07) is -0.251. The summed E-state index contributed by atoms with van der Waals surface area (Å²) in [4.78, 5) is 18.7. The van der Waals surface area contributed by atoms with Gasteiger partial charge in [0.2, 0.25) is 5.91 Å². The van der Waals surface area contributed by atoms with E-state index in [1.165, 1.54) is 11.3 Å². The zero-order valence-corrected chi connectivity index (χ0v) is 13.4. The Morgan fingerprint density at radius 2 is 2.36 bits per heavy atom. The van der Waals surface area contributed by atoms with Crippen molar-refractivity contribution in [2.75, 3.05) is 11.9 Å². The molecular weight excluding hydrogens is 302 g/mol. The molecule has 8 heteroatoms. The van der Waals surface area contributed by atoms with Crippen LogP contribution in [0.25, 0.3) is 0 Å². The summed E-state index contributed by atoms with van der Waals surface area (Å²) < 4.78 is 1.81. The van der Waals surface area contributed by atoms with Gasteiger partial charge in [-0.1, -0.05) is 0 Å². The van der Waals surface area contributed by atoms with Crippen molar-refractivity contribution in [3.8, 4) is 0 Å². The Hall–Kier alpha value is -1.77. The number of carbonyl (C=O) groups excluding carboxylic acids is 1. The number of aliphatic hydroxyl groups excluding tert-OH is 1. The highest BCUT2D eigenvalue weighted by molar-refractivity contribution is 7.13. The monoisotopic (exact) mass is 321 g/mol. The number of nitrogens with zero attached hydrogens (tertiary/aromatic N) is 4. The Kier molecular flexibility index (Phi) is 4.23. The third kappa shape index (κ3) is 2.90. The number of nitrogens with one attached hydrogen (secondary N) is 1. The van der Waals surface area contributed by atoms with Crippen molar-refractivity contribution in [2.45, 2.75) is 39.5 Å². The van der Waals surface area contributed by atoms with Gasteiger partial charge in [0.15, 0.2) is 5.13 Å². The molecule has 0 bridgehead atoms. The number of aromatic nitrogens is 3. The van der Waals surface area contributed by atoms with E-state index in [1.54, 1.807) is 0 Å². The smallest absolute Gasteiger partial charge is 0.243 e. The Balaban J connectivity index is 1.64. The first kappa shape index (κ1) is 15.1. The fourth-order valence-electron chi connectivity index (χ4n) is 2.58. The molecule has 3 heterocycles. The van der Waals surface area contributed by atoms with Gasteiger partial charge in [-0.15, -0.1) is 11.3 Å². The van der Waals surface area contributed by atoms with Crippen LogP contribution in [0.1, 0.15) is 23.9 Å². The third-order valence-corrected chi connectivity index (χ3v) is 4.73. The molecule has 2 N–H and O–H groups in total. The second-order valence-corrected chi connectivity index (χ2v) is 6.29. The largest absolute Gasteiger partial charge is 0.394 e. The van der Waals surface area contributed by atoms with Crippen LogP contribution < -0.4 is 5.32 Å². The molecule has 2 aromatic heterocycles. The highest BCUT2D eigenvalue weighted by atomic mass is 32.1. The van der Waals surface area contributed by atoms with E-state index in [9.17, 15) is 4.79 Å². The van der Waals surface area contributed by atoms with Crippen LogP contribution in [0.3, 0.4) is 0 Å². The fourth-order valence-corrected chi connectivity index (χ4v) is 3.27. The molecular formula is C14H19N5O2S. The summed E-state index contributed by atoms with van der Waals surface area (Å²) in [7, 11) is 0. The molecule has 0 spiro atoms. The molecule has 0 fully saturated rings. The van der Waals surface area contributed by atoms with E-state index < -0.39 is 0 Å². The molecule has 3 rings (SSSR count). The van der Waals surface area contributed by atoms with E-state index in [0.717, 1.165) is 17.0 Å². The average molecular weight is 321 g/mol. The molecule has 0 saturated heterocycles. The zero-order chi connectivity index (χ0) is 15.7. The van der Waals surface area contributed by atoms with Crippen LogP contribution in [0.2, 0.25) is 0 Å². The van der Waals surface area contributed by atoms with Crippen molar-refractivity contribution in [1.29, 1.82) is 0 Å². The minimum Gasteiger partial charge on any atom is -0.394 e. The van der Waals surface area contributed by atoms with Gasteiger partial charge in [0, 0.05) is 24.0 Å². The lowest BCUT2D eigenvalue weighted by Crippen LogP contribution is -2.39. The van der Waals surface area contributed by atoms with Gasteiger partial charge in [-0.2, -0.15) is 5.10 Å². The quantitative estimate of drug-likeness (QED) is 0.858. The maximum Gasteiger partial charge on any atom is 0.243 e. The number of fused-ring (bicyclic) bond motifs is 1. The molecule has 1 amide bonds. The number of aryl methyl sites for hydroxylation is 1. The predicted molar refractivity (Wildman–Crippen MR) is 83.5 cm³/mol. The first-order valence-corrected chi connectivity index (χ1v) is 8.08. The van der Waals surface area contributed by atoms with Crippen molar-refractivity contribution >= 4 is 22.4 Å².